The zero-order valence-electron chi connectivity index (χ0n) is 15.2. The molecular formula is C19H22N2O5. The molecule has 0 bridgehead atoms. The van der Waals surface area contributed by atoms with E-state index in [-0.39, 0.29) is 5.97 Å². The maximum atomic E-state index is 11.6. The third kappa shape index (κ3) is 5.77. The molecule has 0 radical (unpaired) electrons. The number of hydrazone groups is 1. The Balaban J connectivity index is 1.98. The lowest BCUT2D eigenvalue weighted by molar-refractivity contribution is 0.0517. The molecule has 7 heteroatoms. The van der Waals surface area contributed by atoms with Gasteiger partial charge >= 0.3 is 12.1 Å². The molecule has 1 aromatic carbocycles. The fourth-order valence-corrected chi connectivity index (χ4v) is 2.01. The number of nitrogens with zero attached hydrogens (tertiary/aromatic N) is 1. The second-order valence-electron chi connectivity index (χ2n) is 6.37. The average Bonchev–Trinajstić information content (AvgIpc) is 3.02. The van der Waals surface area contributed by atoms with E-state index in [9.17, 15) is 9.59 Å². The van der Waals surface area contributed by atoms with Crippen molar-refractivity contribution in [3.05, 3.63) is 47.7 Å². The van der Waals surface area contributed by atoms with Crippen LogP contribution in [0.2, 0.25) is 0 Å². The van der Waals surface area contributed by atoms with Crippen molar-refractivity contribution in [3.63, 3.8) is 0 Å². The highest BCUT2D eigenvalue weighted by Crippen LogP contribution is 2.22. The van der Waals surface area contributed by atoms with Crippen molar-refractivity contribution in [2.75, 3.05) is 6.61 Å². The normalized spacial score (nSPS) is 11.4. The van der Waals surface area contributed by atoms with E-state index in [0.717, 1.165) is 5.56 Å². The lowest BCUT2D eigenvalue weighted by Gasteiger charge is -2.18. The molecule has 1 aromatic heterocycles. The third-order valence-corrected chi connectivity index (χ3v) is 3.05. The molecule has 0 saturated carbocycles. The largest absolute Gasteiger partial charge is 0.462 e. The van der Waals surface area contributed by atoms with Gasteiger partial charge in [-0.1, -0.05) is 12.1 Å². The number of nitrogens with one attached hydrogen (secondary N) is 1. The summed E-state index contributed by atoms with van der Waals surface area (Å²) in [7, 11) is 0. The summed E-state index contributed by atoms with van der Waals surface area (Å²) >= 11 is 0. The highest BCUT2D eigenvalue weighted by molar-refractivity contribution is 5.90. The number of benzene rings is 1. The topological polar surface area (TPSA) is 90.1 Å². The molecule has 0 unspecified atom stereocenters. The number of hydrogen-bond donors (Lipinski definition) is 1. The molecule has 1 N–H and O–H groups in total. The first-order chi connectivity index (χ1) is 12.3. The van der Waals surface area contributed by atoms with Gasteiger partial charge in [-0.3, -0.25) is 0 Å². The second kappa shape index (κ2) is 8.33. The van der Waals surface area contributed by atoms with Crippen molar-refractivity contribution in [2.24, 2.45) is 5.10 Å². The standard InChI is InChI=1S/C19H22N2O5/c1-5-24-17(22)14-8-6-13(7-9-14)16-11-10-15(25-16)12-20-21-18(23)26-19(2,3)4/h6-12H,5H2,1-4H3,(H,21,23)/b20-12-. The Morgan fingerprint density at radius 3 is 2.46 bits per heavy atom. The van der Waals surface area contributed by atoms with Crippen molar-refractivity contribution in [1.29, 1.82) is 0 Å². The molecule has 0 fully saturated rings. The van der Waals surface area contributed by atoms with E-state index in [2.05, 4.69) is 10.5 Å². The average molecular weight is 358 g/mol. The molecule has 2 aromatic rings. The second-order valence-corrected chi connectivity index (χ2v) is 6.37. The SMILES string of the molecule is CCOC(=O)c1ccc(-c2ccc(/C=N\NC(=O)OC(C)(C)C)o2)cc1. The fraction of sp³-hybridized carbons (Fsp3) is 0.316. The minimum atomic E-state index is -0.643. The summed E-state index contributed by atoms with van der Waals surface area (Å²) in [6, 6.07) is 10.4. The molecule has 0 saturated heterocycles. The predicted molar refractivity (Wildman–Crippen MR) is 97.1 cm³/mol. The molecule has 138 valence electrons. The molecule has 26 heavy (non-hydrogen) atoms. The smallest absolute Gasteiger partial charge is 0.428 e. The van der Waals surface area contributed by atoms with Crippen LogP contribution in [0.4, 0.5) is 4.79 Å². The van der Waals surface area contributed by atoms with Crippen LogP contribution >= 0.6 is 0 Å². The molecule has 0 aliphatic heterocycles. The number of amides is 1. The number of carbonyl (C=O) groups excluding carboxylic acids is 2. The van der Waals surface area contributed by atoms with Crippen LogP contribution in [0.15, 0.2) is 45.9 Å². The van der Waals surface area contributed by atoms with Gasteiger partial charge in [-0.25, -0.2) is 15.0 Å². The molecule has 0 aliphatic rings. The zero-order valence-corrected chi connectivity index (χ0v) is 15.2. The Hall–Kier alpha value is -3.09. The highest BCUT2D eigenvalue weighted by Gasteiger charge is 2.15. The zero-order chi connectivity index (χ0) is 19.2. The van der Waals surface area contributed by atoms with Crippen molar-refractivity contribution < 1.29 is 23.5 Å². The van der Waals surface area contributed by atoms with Crippen LogP contribution in [0.25, 0.3) is 11.3 Å². The van der Waals surface area contributed by atoms with Gasteiger partial charge in [0.05, 0.1) is 18.4 Å². The van der Waals surface area contributed by atoms with Gasteiger partial charge in [0.25, 0.3) is 0 Å². The molecule has 1 heterocycles. The number of ether oxygens (including phenoxy) is 2. The van der Waals surface area contributed by atoms with E-state index in [0.29, 0.717) is 23.7 Å². The van der Waals surface area contributed by atoms with Crippen LogP contribution in [0.5, 0.6) is 0 Å². The Kier molecular flexibility index (Phi) is 6.16. The quantitative estimate of drug-likeness (QED) is 0.496. The molecule has 2 rings (SSSR count). The summed E-state index contributed by atoms with van der Waals surface area (Å²) in [5.74, 6) is 0.712. The summed E-state index contributed by atoms with van der Waals surface area (Å²) in [5.41, 5.74) is 2.96. The Morgan fingerprint density at radius 2 is 1.85 bits per heavy atom. The molecular weight excluding hydrogens is 336 g/mol. The molecule has 1 amide bonds. The molecule has 7 nitrogen and oxygen atoms in total. The van der Waals surface area contributed by atoms with Crippen LogP contribution in [0.3, 0.4) is 0 Å². The molecule has 0 spiro atoms. The van der Waals surface area contributed by atoms with Crippen LogP contribution < -0.4 is 5.43 Å². The number of esters is 1. The van der Waals surface area contributed by atoms with E-state index in [1.807, 2.05) is 0 Å². The highest BCUT2D eigenvalue weighted by atomic mass is 16.6. The van der Waals surface area contributed by atoms with E-state index in [4.69, 9.17) is 13.9 Å². The van der Waals surface area contributed by atoms with Crippen molar-refractivity contribution in [1.82, 2.24) is 5.43 Å². The van der Waals surface area contributed by atoms with E-state index < -0.39 is 11.7 Å². The summed E-state index contributed by atoms with van der Waals surface area (Å²) < 4.78 is 15.7. The summed E-state index contributed by atoms with van der Waals surface area (Å²) in [6.45, 7) is 7.39. The minimum absolute atomic E-state index is 0.332. The molecule has 0 atom stereocenters. The first-order valence-electron chi connectivity index (χ1n) is 8.18. The minimum Gasteiger partial charge on any atom is -0.462 e. The number of hydrogen-bond acceptors (Lipinski definition) is 6. The first kappa shape index (κ1) is 19.2. The first-order valence-corrected chi connectivity index (χ1v) is 8.18. The third-order valence-electron chi connectivity index (χ3n) is 3.05. The van der Waals surface area contributed by atoms with Crippen LogP contribution in [0, 0.1) is 0 Å². The Labute approximate surface area is 152 Å². The molecule has 0 aliphatic carbocycles. The maximum Gasteiger partial charge on any atom is 0.428 e. The van der Waals surface area contributed by atoms with Gasteiger partial charge in [0.1, 0.15) is 17.1 Å². The monoisotopic (exact) mass is 358 g/mol. The van der Waals surface area contributed by atoms with E-state index in [1.165, 1.54) is 6.21 Å². The van der Waals surface area contributed by atoms with Gasteiger partial charge in [0.15, 0.2) is 0 Å². The lowest BCUT2D eigenvalue weighted by atomic mass is 10.1. The van der Waals surface area contributed by atoms with Crippen molar-refractivity contribution >= 4 is 18.3 Å². The van der Waals surface area contributed by atoms with Gasteiger partial charge in [-0.15, -0.1) is 0 Å². The van der Waals surface area contributed by atoms with Gasteiger partial charge < -0.3 is 13.9 Å². The van der Waals surface area contributed by atoms with E-state index in [1.54, 1.807) is 64.1 Å². The Bertz CT molecular complexity index is 785. The van der Waals surface area contributed by atoms with E-state index >= 15 is 0 Å². The summed E-state index contributed by atoms with van der Waals surface area (Å²) in [4.78, 5) is 23.1. The lowest BCUT2D eigenvalue weighted by Crippen LogP contribution is -2.29. The summed E-state index contributed by atoms with van der Waals surface area (Å²) in [5, 5.41) is 3.79. The van der Waals surface area contributed by atoms with Gasteiger partial charge in [0, 0.05) is 5.56 Å². The van der Waals surface area contributed by atoms with Crippen LogP contribution in [-0.2, 0) is 9.47 Å². The van der Waals surface area contributed by atoms with Crippen LogP contribution in [-0.4, -0.2) is 30.5 Å². The Morgan fingerprint density at radius 1 is 1.15 bits per heavy atom. The van der Waals surface area contributed by atoms with Gasteiger partial charge in [-0.2, -0.15) is 5.10 Å². The van der Waals surface area contributed by atoms with Crippen molar-refractivity contribution in [3.8, 4) is 11.3 Å². The predicted octanol–water partition coefficient (Wildman–Crippen LogP) is 3.98. The number of rotatable bonds is 5. The van der Waals surface area contributed by atoms with Gasteiger partial charge in [-0.05, 0) is 52.0 Å². The number of furan rings is 1. The number of carbonyl (C=O) groups is 2. The maximum absolute atomic E-state index is 11.6. The van der Waals surface area contributed by atoms with Crippen molar-refractivity contribution in [2.45, 2.75) is 33.3 Å². The van der Waals surface area contributed by atoms with Gasteiger partial charge in [0.2, 0.25) is 0 Å². The summed E-state index contributed by atoms with van der Waals surface area (Å²) in [6.07, 6.45) is 0.732. The fourth-order valence-electron chi connectivity index (χ4n) is 2.01. The van der Waals surface area contributed by atoms with Crippen LogP contribution in [0.1, 0.15) is 43.8 Å².